The summed E-state index contributed by atoms with van der Waals surface area (Å²) < 4.78 is 0. The topological polar surface area (TPSA) is 15.4 Å². The van der Waals surface area contributed by atoms with Crippen LogP contribution in [-0.2, 0) is 0 Å². The molecule has 1 aromatic carbocycles. The lowest BCUT2D eigenvalue weighted by Gasteiger charge is -2.07. The van der Waals surface area contributed by atoms with E-state index in [1.165, 1.54) is 11.3 Å². The van der Waals surface area contributed by atoms with Gasteiger partial charge in [-0.05, 0) is 11.6 Å². The maximum absolute atomic E-state index is 3.98. The summed E-state index contributed by atoms with van der Waals surface area (Å²) in [5.74, 6) is 0. The van der Waals surface area contributed by atoms with Crippen LogP contribution in [0, 0.1) is 0 Å². The van der Waals surface area contributed by atoms with Crippen molar-refractivity contribution in [1.82, 2.24) is 4.90 Å². The second kappa shape index (κ2) is 4.09. The minimum absolute atomic E-state index is 1.16. The smallest absolute Gasteiger partial charge is 0.0456 e. The van der Waals surface area contributed by atoms with Crippen molar-refractivity contribution in [2.24, 2.45) is 4.99 Å². The maximum Gasteiger partial charge on any atom is 0.0456 e. The van der Waals surface area contributed by atoms with E-state index in [1.54, 1.807) is 7.05 Å². The van der Waals surface area contributed by atoms with Gasteiger partial charge in [-0.25, -0.2) is 0 Å². The third-order valence-corrected chi connectivity index (χ3v) is 2.24. The fourth-order valence-electron chi connectivity index (χ4n) is 1.43. The van der Waals surface area contributed by atoms with Crippen molar-refractivity contribution in [3.8, 4) is 0 Å². The van der Waals surface area contributed by atoms with Crippen molar-refractivity contribution in [2.75, 3.05) is 20.1 Å². The Kier molecular flexibility index (Phi) is 2.63. The summed E-state index contributed by atoms with van der Waals surface area (Å²) in [5, 5.41) is 0. The number of hydrogen-bond acceptors (Lipinski definition) is 2. The van der Waals surface area contributed by atoms with E-state index in [0.29, 0.717) is 0 Å². The van der Waals surface area contributed by atoms with Gasteiger partial charge in [-0.1, -0.05) is 30.3 Å². The van der Waals surface area contributed by atoms with Gasteiger partial charge in [0.05, 0.1) is 0 Å². The first-order valence-corrected chi connectivity index (χ1v) is 4.84. The fraction of sp³-hybridized carbons (Fsp3) is 0.250. The standard InChI is InChI=1S/C12H14N2/c1-13-8-7-12(14-9-10-14)11-5-3-2-4-6-11/h2-8H,9-10H2,1H3/b12-7+,13-8?. The van der Waals surface area contributed by atoms with E-state index in [9.17, 15) is 0 Å². The van der Waals surface area contributed by atoms with Gasteiger partial charge in [0, 0.05) is 32.0 Å². The summed E-state index contributed by atoms with van der Waals surface area (Å²) in [4.78, 5) is 6.31. The molecular weight excluding hydrogens is 172 g/mol. The molecule has 0 amide bonds. The first-order chi connectivity index (χ1) is 6.92. The largest absolute Gasteiger partial charge is 0.367 e. The Hall–Kier alpha value is -1.57. The molecule has 0 aliphatic carbocycles. The Labute approximate surface area is 84.6 Å². The fourth-order valence-corrected chi connectivity index (χ4v) is 1.43. The summed E-state index contributed by atoms with van der Waals surface area (Å²) in [5.41, 5.74) is 2.54. The number of nitrogens with zero attached hydrogens (tertiary/aromatic N) is 2. The molecule has 1 saturated heterocycles. The van der Waals surface area contributed by atoms with Crippen LogP contribution in [0.1, 0.15) is 5.56 Å². The molecule has 72 valence electrons. The Morgan fingerprint density at radius 3 is 2.57 bits per heavy atom. The van der Waals surface area contributed by atoms with Crippen molar-refractivity contribution in [1.29, 1.82) is 0 Å². The molecule has 14 heavy (non-hydrogen) atoms. The van der Waals surface area contributed by atoms with Crippen molar-refractivity contribution in [3.05, 3.63) is 42.0 Å². The predicted octanol–water partition coefficient (Wildman–Crippen LogP) is 2.04. The Balaban J connectivity index is 2.27. The van der Waals surface area contributed by atoms with Gasteiger partial charge in [-0.15, -0.1) is 0 Å². The van der Waals surface area contributed by atoms with Gasteiger partial charge in [0.25, 0.3) is 0 Å². The van der Waals surface area contributed by atoms with Crippen LogP contribution in [0.4, 0.5) is 0 Å². The number of allylic oxidation sites excluding steroid dienone is 1. The third-order valence-electron chi connectivity index (χ3n) is 2.24. The van der Waals surface area contributed by atoms with Crippen LogP contribution in [-0.4, -0.2) is 31.3 Å². The first-order valence-electron chi connectivity index (χ1n) is 4.84. The van der Waals surface area contributed by atoms with E-state index in [-0.39, 0.29) is 0 Å². The van der Waals surface area contributed by atoms with Gasteiger partial charge in [-0.3, -0.25) is 4.99 Å². The molecule has 0 atom stereocenters. The molecule has 0 unspecified atom stereocenters. The number of hydrogen-bond donors (Lipinski definition) is 0. The van der Waals surface area contributed by atoms with Crippen LogP contribution in [0.15, 0.2) is 41.4 Å². The van der Waals surface area contributed by atoms with Crippen LogP contribution in [0.25, 0.3) is 5.70 Å². The minimum atomic E-state index is 1.16. The molecule has 2 rings (SSSR count). The van der Waals surface area contributed by atoms with Gasteiger partial charge in [0.1, 0.15) is 0 Å². The van der Waals surface area contributed by atoms with Crippen LogP contribution in [0.2, 0.25) is 0 Å². The Bertz CT molecular complexity index is 348. The highest BCUT2D eigenvalue weighted by atomic mass is 15.3. The van der Waals surface area contributed by atoms with E-state index >= 15 is 0 Å². The summed E-state index contributed by atoms with van der Waals surface area (Å²) in [6.07, 6.45) is 3.92. The highest BCUT2D eigenvalue weighted by Gasteiger charge is 2.20. The highest BCUT2D eigenvalue weighted by molar-refractivity contribution is 5.84. The molecule has 0 aromatic heterocycles. The lowest BCUT2D eigenvalue weighted by atomic mass is 10.1. The summed E-state index contributed by atoms with van der Waals surface area (Å²) >= 11 is 0. The zero-order chi connectivity index (χ0) is 9.80. The zero-order valence-electron chi connectivity index (χ0n) is 8.35. The number of rotatable bonds is 3. The van der Waals surface area contributed by atoms with Crippen LogP contribution in [0.3, 0.4) is 0 Å². The maximum atomic E-state index is 3.98. The third kappa shape index (κ3) is 2.02. The molecule has 1 aromatic rings. The van der Waals surface area contributed by atoms with Crippen molar-refractivity contribution in [2.45, 2.75) is 0 Å². The molecule has 1 aliphatic heterocycles. The van der Waals surface area contributed by atoms with Gasteiger partial charge < -0.3 is 4.90 Å². The van der Waals surface area contributed by atoms with Gasteiger partial charge in [0.2, 0.25) is 0 Å². The average molecular weight is 186 g/mol. The molecule has 1 heterocycles. The van der Waals surface area contributed by atoms with E-state index in [4.69, 9.17) is 0 Å². The highest BCUT2D eigenvalue weighted by Crippen LogP contribution is 2.24. The Morgan fingerprint density at radius 2 is 2.00 bits per heavy atom. The molecule has 1 fully saturated rings. The van der Waals surface area contributed by atoms with Gasteiger partial charge >= 0.3 is 0 Å². The number of benzene rings is 1. The second-order valence-electron chi connectivity index (χ2n) is 3.31. The summed E-state index contributed by atoms with van der Waals surface area (Å²) in [6.45, 7) is 2.33. The lowest BCUT2D eigenvalue weighted by Crippen LogP contribution is -1.96. The average Bonchev–Trinajstić information content (AvgIpc) is 3.04. The second-order valence-corrected chi connectivity index (χ2v) is 3.31. The SMILES string of the molecule is CN=C/C=C(\c1ccccc1)N1CC1. The van der Waals surface area contributed by atoms with E-state index < -0.39 is 0 Å². The molecule has 2 nitrogen and oxygen atoms in total. The zero-order valence-corrected chi connectivity index (χ0v) is 8.35. The Morgan fingerprint density at radius 1 is 1.29 bits per heavy atom. The van der Waals surface area contributed by atoms with Crippen LogP contribution in [0.5, 0.6) is 0 Å². The first kappa shape index (κ1) is 9.00. The lowest BCUT2D eigenvalue weighted by molar-refractivity contribution is 0.806. The predicted molar refractivity (Wildman–Crippen MR) is 60.4 cm³/mol. The minimum Gasteiger partial charge on any atom is -0.367 e. The monoisotopic (exact) mass is 186 g/mol. The molecule has 0 radical (unpaired) electrons. The van der Waals surface area contributed by atoms with E-state index in [1.807, 2.05) is 12.3 Å². The molecule has 1 aliphatic rings. The van der Waals surface area contributed by atoms with E-state index in [2.05, 4.69) is 40.2 Å². The normalized spacial score (nSPS) is 16.4. The van der Waals surface area contributed by atoms with Crippen molar-refractivity contribution >= 4 is 11.9 Å². The van der Waals surface area contributed by atoms with Gasteiger partial charge in [0.15, 0.2) is 0 Å². The van der Waals surface area contributed by atoms with Crippen LogP contribution >= 0.6 is 0 Å². The molecule has 2 heteroatoms. The summed E-state index contributed by atoms with van der Waals surface area (Å²) in [6, 6.07) is 10.4. The van der Waals surface area contributed by atoms with Crippen molar-refractivity contribution < 1.29 is 0 Å². The van der Waals surface area contributed by atoms with Crippen LogP contribution < -0.4 is 0 Å². The number of aliphatic imine (C=N–C) groups is 1. The molecule has 0 spiro atoms. The van der Waals surface area contributed by atoms with Crippen molar-refractivity contribution in [3.63, 3.8) is 0 Å². The summed E-state index contributed by atoms with van der Waals surface area (Å²) in [7, 11) is 1.79. The van der Waals surface area contributed by atoms with E-state index in [0.717, 1.165) is 13.1 Å². The molecule has 0 bridgehead atoms. The molecule has 0 N–H and O–H groups in total. The quantitative estimate of drug-likeness (QED) is 0.521. The van der Waals surface area contributed by atoms with Gasteiger partial charge in [-0.2, -0.15) is 0 Å². The molecule has 0 saturated carbocycles. The molecular formula is C12H14N2.